The van der Waals surface area contributed by atoms with E-state index in [2.05, 4.69) is 10.2 Å². The van der Waals surface area contributed by atoms with Crippen molar-refractivity contribution in [2.45, 2.75) is 18.9 Å². The number of amides is 1. The summed E-state index contributed by atoms with van der Waals surface area (Å²) < 4.78 is 18.2. The first kappa shape index (κ1) is 17.0. The van der Waals surface area contributed by atoms with E-state index in [9.17, 15) is 14.3 Å². The van der Waals surface area contributed by atoms with Crippen LogP contribution >= 0.6 is 11.6 Å². The Morgan fingerprint density at radius 3 is 2.86 bits per heavy atom. The molecule has 2 rings (SSSR count). The van der Waals surface area contributed by atoms with Crippen LogP contribution in [0.4, 0.5) is 4.39 Å². The smallest absolute Gasteiger partial charge is 0.257 e. The van der Waals surface area contributed by atoms with Gasteiger partial charge in [0.25, 0.3) is 5.91 Å². The lowest BCUT2D eigenvalue weighted by molar-refractivity contribution is -0.123. The number of carbonyl (C=O) groups is 1. The van der Waals surface area contributed by atoms with Crippen LogP contribution in [0.3, 0.4) is 0 Å². The van der Waals surface area contributed by atoms with Gasteiger partial charge in [0, 0.05) is 32.2 Å². The number of aliphatic hydroxyl groups is 1. The number of nitrogens with zero attached hydrogens (tertiary/aromatic N) is 1. The number of rotatable bonds is 6. The highest BCUT2D eigenvalue weighted by Gasteiger charge is 2.16. The number of hydrogen-bond donors (Lipinski definition) is 2. The first-order valence-electron chi connectivity index (χ1n) is 7.29. The normalized spacial score (nSPS) is 16.5. The number of likely N-dealkylation sites (tertiary alicyclic amines) is 1. The average molecular weight is 331 g/mol. The van der Waals surface area contributed by atoms with Gasteiger partial charge in [0.1, 0.15) is 11.6 Å². The summed E-state index contributed by atoms with van der Waals surface area (Å²) >= 11 is 5.63. The molecule has 7 heteroatoms. The highest BCUT2D eigenvalue weighted by Crippen LogP contribution is 2.20. The summed E-state index contributed by atoms with van der Waals surface area (Å²) in [4.78, 5) is 13.9. The molecule has 1 aliphatic rings. The van der Waals surface area contributed by atoms with E-state index in [0.717, 1.165) is 32.5 Å². The summed E-state index contributed by atoms with van der Waals surface area (Å²) in [5.74, 6) is -0.408. The molecule has 22 heavy (non-hydrogen) atoms. The van der Waals surface area contributed by atoms with E-state index in [1.54, 1.807) is 0 Å². The van der Waals surface area contributed by atoms with Gasteiger partial charge in [-0.3, -0.25) is 4.79 Å². The van der Waals surface area contributed by atoms with Crippen LogP contribution in [0.1, 0.15) is 12.8 Å². The van der Waals surface area contributed by atoms with E-state index >= 15 is 0 Å². The third kappa shape index (κ3) is 5.44. The van der Waals surface area contributed by atoms with Crippen molar-refractivity contribution >= 4 is 17.5 Å². The van der Waals surface area contributed by atoms with Crippen molar-refractivity contribution in [1.29, 1.82) is 0 Å². The zero-order valence-electron chi connectivity index (χ0n) is 12.2. The number of piperidine rings is 1. The summed E-state index contributed by atoms with van der Waals surface area (Å²) in [6, 6.07) is 3.96. The SMILES string of the molecule is O=C(COc1ccc(F)c(Cl)c1)NCCN1CCC(O)CC1. The molecule has 1 fully saturated rings. The van der Waals surface area contributed by atoms with Crippen LogP contribution in [0.2, 0.25) is 5.02 Å². The monoisotopic (exact) mass is 330 g/mol. The predicted molar refractivity (Wildman–Crippen MR) is 81.6 cm³/mol. The van der Waals surface area contributed by atoms with Crippen molar-refractivity contribution in [1.82, 2.24) is 10.2 Å². The van der Waals surface area contributed by atoms with Gasteiger partial charge in [0.15, 0.2) is 6.61 Å². The van der Waals surface area contributed by atoms with Crippen molar-refractivity contribution in [2.75, 3.05) is 32.8 Å². The maximum Gasteiger partial charge on any atom is 0.257 e. The average Bonchev–Trinajstić information content (AvgIpc) is 2.50. The number of hydrogen-bond acceptors (Lipinski definition) is 4. The lowest BCUT2D eigenvalue weighted by atomic mass is 10.1. The van der Waals surface area contributed by atoms with Crippen molar-refractivity contribution < 1.29 is 19.0 Å². The fraction of sp³-hybridized carbons (Fsp3) is 0.533. The molecule has 5 nitrogen and oxygen atoms in total. The third-order valence-electron chi connectivity index (χ3n) is 3.57. The second-order valence-electron chi connectivity index (χ2n) is 5.29. The number of benzene rings is 1. The molecule has 1 amide bonds. The zero-order valence-corrected chi connectivity index (χ0v) is 13.0. The summed E-state index contributed by atoms with van der Waals surface area (Å²) in [6.07, 6.45) is 1.37. The summed E-state index contributed by atoms with van der Waals surface area (Å²) in [5, 5.41) is 12.1. The molecule has 1 saturated heterocycles. The van der Waals surface area contributed by atoms with Crippen LogP contribution in [-0.4, -0.2) is 54.8 Å². The van der Waals surface area contributed by atoms with Crippen LogP contribution < -0.4 is 10.1 Å². The molecule has 0 bridgehead atoms. The largest absolute Gasteiger partial charge is 0.484 e. The Labute approximate surface area is 134 Å². The fourth-order valence-corrected chi connectivity index (χ4v) is 2.43. The number of aliphatic hydroxyl groups excluding tert-OH is 1. The van der Waals surface area contributed by atoms with Gasteiger partial charge in [-0.2, -0.15) is 0 Å². The highest BCUT2D eigenvalue weighted by molar-refractivity contribution is 6.30. The van der Waals surface area contributed by atoms with E-state index in [-0.39, 0.29) is 23.6 Å². The molecule has 1 aromatic carbocycles. The third-order valence-corrected chi connectivity index (χ3v) is 3.86. The Balaban J connectivity index is 1.62. The first-order valence-corrected chi connectivity index (χ1v) is 7.67. The molecule has 0 unspecified atom stereocenters. The highest BCUT2D eigenvalue weighted by atomic mass is 35.5. The van der Waals surface area contributed by atoms with Crippen molar-refractivity contribution in [3.05, 3.63) is 29.0 Å². The molecule has 1 aromatic rings. The molecule has 0 radical (unpaired) electrons. The topological polar surface area (TPSA) is 61.8 Å². The van der Waals surface area contributed by atoms with Crippen LogP contribution in [0.15, 0.2) is 18.2 Å². The fourth-order valence-electron chi connectivity index (χ4n) is 2.26. The molecular formula is C15H20ClFN2O3. The van der Waals surface area contributed by atoms with Gasteiger partial charge in [-0.05, 0) is 25.0 Å². The second-order valence-corrected chi connectivity index (χ2v) is 5.69. The molecule has 2 N–H and O–H groups in total. The van der Waals surface area contributed by atoms with Crippen LogP contribution in [0.25, 0.3) is 0 Å². The quantitative estimate of drug-likeness (QED) is 0.828. The molecule has 122 valence electrons. The zero-order chi connectivity index (χ0) is 15.9. The van der Waals surface area contributed by atoms with Crippen molar-refractivity contribution in [3.8, 4) is 5.75 Å². The van der Waals surface area contributed by atoms with E-state index < -0.39 is 5.82 Å². The lowest BCUT2D eigenvalue weighted by Crippen LogP contribution is -2.41. The molecule has 1 heterocycles. The Kier molecular flexibility index (Phi) is 6.42. The van der Waals surface area contributed by atoms with Crippen LogP contribution in [0.5, 0.6) is 5.75 Å². The van der Waals surface area contributed by atoms with Gasteiger partial charge in [-0.1, -0.05) is 11.6 Å². The Bertz CT molecular complexity index is 508. The summed E-state index contributed by atoms with van der Waals surface area (Å²) in [6.45, 7) is 2.84. The van der Waals surface area contributed by atoms with Crippen molar-refractivity contribution in [2.24, 2.45) is 0 Å². The van der Waals surface area contributed by atoms with E-state index in [0.29, 0.717) is 12.3 Å². The molecule has 0 aromatic heterocycles. The molecular weight excluding hydrogens is 311 g/mol. The summed E-state index contributed by atoms with van der Waals surface area (Å²) in [5.41, 5.74) is 0. The first-order chi connectivity index (χ1) is 10.5. The Hall–Kier alpha value is -1.37. The minimum atomic E-state index is -0.523. The minimum Gasteiger partial charge on any atom is -0.484 e. The van der Waals surface area contributed by atoms with Gasteiger partial charge < -0.3 is 20.1 Å². The number of carbonyl (C=O) groups excluding carboxylic acids is 1. The maximum absolute atomic E-state index is 13.0. The van der Waals surface area contributed by atoms with E-state index in [1.807, 2.05) is 0 Å². The maximum atomic E-state index is 13.0. The van der Waals surface area contributed by atoms with E-state index in [4.69, 9.17) is 16.3 Å². The molecule has 0 spiro atoms. The minimum absolute atomic E-state index is 0.0369. The lowest BCUT2D eigenvalue weighted by Gasteiger charge is -2.29. The second kappa shape index (κ2) is 8.31. The number of halogens is 2. The van der Waals surface area contributed by atoms with Crippen LogP contribution in [0, 0.1) is 5.82 Å². The standard InChI is InChI=1S/C15H20ClFN2O3/c16-13-9-12(1-2-14(13)17)22-10-15(21)18-5-8-19-6-3-11(20)4-7-19/h1-2,9,11,20H,3-8,10H2,(H,18,21). The van der Waals surface area contributed by atoms with Gasteiger partial charge in [0.05, 0.1) is 11.1 Å². The number of ether oxygens (including phenoxy) is 1. The van der Waals surface area contributed by atoms with Gasteiger partial charge in [0.2, 0.25) is 0 Å². The predicted octanol–water partition coefficient (Wildman–Crippen LogP) is 1.43. The Morgan fingerprint density at radius 1 is 1.45 bits per heavy atom. The van der Waals surface area contributed by atoms with Gasteiger partial charge >= 0.3 is 0 Å². The van der Waals surface area contributed by atoms with Crippen molar-refractivity contribution in [3.63, 3.8) is 0 Å². The Morgan fingerprint density at radius 2 is 2.18 bits per heavy atom. The molecule has 0 aliphatic carbocycles. The number of nitrogens with one attached hydrogen (secondary N) is 1. The molecule has 0 atom stereocenters. The van der Waals surface area contributed by atoms with Gasteiger partial charge in [-0.15, -0.1) is 0 Å². The van der Waals surface area contributed by atoms with Gasteiger partial charge in [-0.25, -0.2) is 4.39 Å². The summed E-state index contributed by atoms with van der Waals surface area (Å²) in [7, 11) is 0. The van der Waals surface area contributed by atoms with E-state index in [1.165, 1.54) is 18.2 Å². The molecule has 0 saturated carbocycles. The molecule has 1 aliphatic heterocycles. The van der Waals surface area contributed by atoms with Crippen LogP contribution in [-0.2, 0) is 4.79 Å².